The zero-order chi connectivity index (χ0) is 19.9. The molecule has 5 nitrogen and oxygen atoms in total. The van der Waals surface area contributed by atoms with Crippen molar-refractivity contribution in [3.8, 4) is 11.3 Å². The minimum atomic E-state index is -0.375. The maximum absolute atomic E-state index is 12.5. The Hall–Kier alpha value is -2.99. The average Bonchev–Trinajstić information content (AvgIpc) is 3.16. The molecule has 1 aromatic heterocycles. The second-order valence-corrected chi connectivity index (χ2v) is 7.36. The lowest BCUT2D eigenvalue weighted by atomic mass is 10.0. The molecule has 144 valence electrons. The number of aromatic nitrogens is 1. The normalized spacial score (nSPS) is 11.6. The van der Waals surface area contributed by atoms with Crippen molar-refractivity contribution in [2.75, 3.05) is 5.32 Å². The molecular formula is C22H23N3O2S. The summed E-state index contributed by atoms with van der Waals surface area (Å²) in [5, 5.41) is 8.16. The summed E-state index contributed by atoms with van der Waals surface area (Å²) in [6.07, 6.45) is 1.14. The average molecular weight is 394 g/mol. The van der Waals surface area contributed by atoms with E-state index in [1.807, 2.05) is 47.8 Å². The van der Waals surface area contributed by atoms with Crippen LogP contribution in [0.2, 0.25) is 0 Å². The summed E-state index contributed by atoms with van der Waals surface area (Å²) in [5.41, 5.74) is 4.03. The Balaban J connectivity index is 1.66. The summed E-state index contributed by atoms with van der Waals surface area (Å²) in [4.78, 5) is 28.5. The van der Waals surface area contributed by atoms with Crippen molar-refractivity contribution in [2.45, 2.75) is 32.7 Å². The van der Waals surface area contributed by atoms with Crippen LogP contribution in [0.1, 0.15) is 37.4 Å². The molecule has 3 aromatic rings. The highest BCUT2D eigenvalue weighted by molar-refractivity contribution is 7.14. The topological polar surface area (TPSA) is 71.1 Å². The molecule has 28 heavy (non-hydrogen) atoms. The number of carbonyl (C=O) groups excluding carboxylic acids is 2. The number of amides is 2. The molecule has 2 amide bonds. The molecule has 2 aromatic carbocycles. The van der Waals surface area contributed by atoms with Crippen LogP contribution >= 0.6 is 11.3 Å². The molecule has 0 saturated carbocycles. The molecule has 0 aliphatic carbocycles. The number of hydrogen-bond acceptors (Lipinski definition) is 4. The van der Waals surface area contributed by atoms with Gasteiger partial charge in [-0.3, -0.25) is 9.59 Å². The van der Waals surface area contributed by atoms with E-state index in [2.05, 4.69) is 34.7 Å². The van der Waals surface area contributed by atoms with Gasteiger partial charge in [0.25, 0.3) is 0 Å². The Bertz CT molecular complexity index is 936. The summed E-state index contributed by atoms with van der Waals surface area (Å²) in [6, 6.07) is 17.4. The third-order valence-electron chi connectivity index (χ3n) is 4.38. The third-order valence-corrected chi connectivity index (χ3v) is 5.14. The molecule has 1 heterocycles. The van der Waals surface area contributed by atoms with Crippen LogP contribution in [-0.2, 0) is 16.0 Å². The standard InChI is InChI=1S/C22H23N3O2S/c1-3-16-9-11-18(12-10-16)20-14-28-22(24-20)25-21(27)13-19(23-15(2)26)17-7-5-4-6-8-17/h4-12,14,19H,3,13H2,1-2H3,(H,23,26)(H,24,25,27)/t19-/m1/s1. The Labute approximate surface area is 168 Å². The number of nitrogens with zero attached hydrogens (tertiary/aromatic N) is 1. The molecule has 0 radical (unpaired) electrons. The maximum Gasteiger partial charge on any atom is 0.228 e. The van der Waals surface area contributed by atoms with Crippen LogP contribution in [0.15, 0.2) is 60.0 Å². The second-order valence-electron chi connectivity index (χ2n) is 6.50. The van der Waals surface area contributed by atoms with E-state index in [4.69, 9.17) is 0 Å². The van der Waals surface area contributed by atoms with Gasteiger partial charge in [-0.05, 0) is 17.5 Å². The number of aryl methyl sites for hydroxylation is 1. The fraction of sp³-hybridized carbons (Fsp3) is 0.227. The van der Waals surface area contributed by atoms with E-state index in [9.17, 15) is 9.59 Å². The van der Waals surface area contributed by atoms with Gasteiger partial charge in [-0.2, -0.15) is 0 Å². The number of rotatable bonds is 7. The molecule has 1 atom stereocenters. The van der Waals surface area contributed by atoms with Crippen molar-refractivity contribution in [1.29, 1.82) is 0 Å². The molecule has 0 unspecified atom stereocenters. The Morgan fingerprint density at radius 3 is 2.43 bits per heavy atom. The van der Waals surface area contributed by atoms with Crippen molar-refractivity contribution in [3.05, 3.63) is 71.1 Å². The molecule has 0 spiro atoms. The first-order valence-electron chi connectivity index (χ1n) is 9.22. The molecule has 3 rings (SSSR count). The van der Waals surface area contributed by atoms with E-state index in [0.717, 1.165) is 23.2 Å². The second kappa shape index (κ2) is 9.28. The summed E-state index contributed by atoms with van der Waals surface area (Å²) < 4.78 is 0. The van der Waals surface area contributed by atoms with E-state index >= 15 is 0 Å². The predicted molar refractivity (Wildman–Crippen MR) is 113 cm³/mol. The Kier molecular flexibility index (Phi) is 6.55. The monoisotopic (exact) mass is 393 g/mol. The first-order valence-corrected chi connectivity index (χ1v) is 10.1. The first kappa shape index (κ1) is 19.8. The number of hydrogen-bond donors (Lipinski definition) is 2. The fourth-order valence-corrected chi connectivity index (χ4v) is 3.65. The summed E-state index contributed by atoms with van der Waals surface area (Å²) in [5.74, 6) is -0.362. The predicted octanol–water partition coefficient (Wildman–Crippen LogP) is 4.58. The zero-order valence-electron chi connectivity index (χ0n) is 15.9. The van der Waals surface area contributed by atoms with Gasteiger partial charge in [-0.25, -0.2) is 4.98 Å². The number of nitrogens with one attached hydrogen (secondary N) is 2. The Morgan fingerprint density at radius 2 is 1.79 bits per heavy atom. The lowest BCUT2D eigenvalue weighted by Crippen LogP contribution is -2.29. The molecular weight excluding hydrogens is 370 g/mol. The van der Waals surface area contributed by atoms with Gasteiger partial charge in [0.1, 0.15) is 0 Å². The SMILES string of the molecule is CCc1ccc(-c2csc(NC(=O)C[C@@H](NC(C)=O)c3ccccc3)n2)cc1. The van der Waals surface area contributed by atoms with Crippen LogP contribution in [0.4, 0.5) is 5.13 Å². The molecule has 2 N–H and O–H groups in total. The number of benzene rings is 2. The van der Waals surface area contributed by atoms with Gasteiger partial charge >= 0.3 is 0 Å². The van der Waals surface area contributed by atoms with Crippen molar-refractivity contribution in [1.82, 2.24) is 10.3 Å². The van der Waals surface area contributed by atoms with Crippen LogP contribution in [0, 0.1) is 0 Å². The summed E-state index contributed by atoms with van der Waals surface area (Å²) in [7, 11) is 0. The van der Waals surface area contributed by atoms with Crippen LogP contribution in [0.25, 0.3) is 11.3 Å². The Morgan fingerprint density at radius 1 is 1.07 bits per heavy atom. The van der Waals surface area contributed by atoms with Gasteiger partial charge in [-0.15, -0.1) is 11.3 Å². The summed E-state index contributed by atoms with van der Waals surface area (Å²) >= 11 is 1.39. The van der Waals surface area contributed by atoms with Crippen LogP contribution in [0.3, 0.4) is 0 Å². The molecule has 0 fully saturated rings. The van der Waals surface area contributed by atoms with Crippen LogP contribution < -0.4 is 10.6 Å². The molecule has 0 aliphatic rings. The van der Waals surface area contributed by atoms with Crippen molar-refractivity contribution < 1.29 is 9.59 Å². The minimum Gasteiger partial charge on any atom is -0.349 e. The van der Waals surface area contributed by atoms with E-state index in [1.54, 1.807) is 0 Å². The van der Waals surface area contributed by atoms with E-state index in [1.165, 1.54) is 23.8 Å². The lowest BCUT2D eigenvalue weighted by molar-refractivity contribution is -0.120. The molecule has 6 heteroatoms. The van der Waals surface area contributed by atoms with E-state index in [-0.39, 0.29) is 24.3 Å². The van der Waals surface area contributed by atoms with Gasteiger partial charge in [0.05, 0.1) is 18.2 Å². The van der Waals surface area contributed by atoms with Gasteiger partial charge in [-0.1, -0.05) is 61.5 Å². The highest BCUT2D eigenvalue weighted by Gasteiger charge is 2.18. The number of thiazole rings is 1. The van der Waals surface area contributed by atoms with Crippen LogP contribution in [0.5, 0.6) is 0 Å². The van der Waals surface area contributed by atoms with Crippen molar-refractivity contribution in [2.24, 2.45) is 0 Å². The quantitative estimate of drug-likeness (QED) is 0.617. The zero-order valence-corrected chi connectivity index (χ0v) is 16.8. The largest absolute Gasteiger partial charge is 0.349 e. The molecule has 0 saturated heterocycles. The fourth-order valence-electron chi connectivity index (χ4n) is 2.91. The molecule has 0 bridgehead atoms. The van der Waals surface area contributed by atoms with E-state index in [0.29, 0.717) is 5.13 Å². The highest BCUT2D eigenvalue weighted by atomic mass is 32.1. The van der Waals surface area contributed by atoms with Gasteiger partial charge in [0.2, 0.25) is 11.8 Å². The van der Waals surface area contributed by atoms with E-state index < -0.39 is 0 Å². The van der Waals surface area contributed by atoms with Gasteiger partial charge < -0.3 is 10.6 Å². The van der Waals surface area contributed by atoms with Crippen molar-refractivity contribution in [3.63, 3.8) is 0 Å². The maximum atomic E-state index is 12.5. The smallest absolute Gasteiger partial charge is 0.228 e. The third kappa shape index (κ3) is 5.27. The van der Waals surface area contributed by atoms with Gasteiger partial charge in [0, 0.05) is 17.9 Å². The number of anilines is 1. The molecule has 0 aliphatic heterocycles. The van der Waals surface area contributed by atoms with Gasteiger partial charge in [0.15, 0.2) is 5.13 Å². The lowest BCUT2D eigenvalue weighted by Gasteiger charge is -2.17. The minimum absolute atomic E-state index is 0.143. The number of carbonyl (C=O) groups is 2. The van der Waals surface area contributed by atoms with Crippen molar-refractivity contribution >= 4 is 28.3 Å². The highest BCUT2D eigenvalue weighted by Crippen LogP contribution is 2.26. The summed E-state index contributed by atoms with van der Waals surface area (Å²) in [6.45, 7) is 3.57. The first-order chi connectivity index (χ1) is 13.5. The van der Waals surface area contributed by atoms with Crippen LogP contribution in [-0.4, -0.2) is 16.8 Å².